The number of rotatable bonds is 8. The number of aromatic nitrogens is 2. The van der Waals surface area contributed by atoms with Crippen LogP contribution in [0.2, 0.25) is 10.0 Å². The lowest BCUT2D eigenvalue weighted by molar-refractivity contribution is 0.416. The van der Waals surface area contributed by atoms with E-state index in [1.807, 2.05) is 42.5 Å². The minimum atomic E-state index is 0.470. The van der Waals surface area contributed by atoms with E-state index in [0.717, 1.165) is 11.4 Å². The fraction of sp³-hybridized carbons (Fsp3) is 0.160. The number of dihydropyridines is 1. The van der Waals surface area contributed by atoms with Crippen molar-refractivity contribution in [2.75, 3.05) is 32.1 Å². The summed E-state index contributed by atoms with van der Waals surface area (Å²) < 4.78 is 5.53. The first-order valence-corrected chi connectivity index (χ1v) is 11.3. The Morgan fingerprint density at radius 1 is 1.03 bits per heavy atom. The number of hydrogen-bond donors (Lipinski definition) is 3. The summed E-state index contributed by atoms with van der Waals surface area (Å²) in [6.07, 6.45) is 3.66. The van der Waals surface area contributed by atoms with Gasteiger partial charge in [0.2, 0.25) is 0 Å². The zero-order valence-corrected chi connectivity index (χ0v) is 19.9. The molecule has 0 atom stereocenters. The number of methoxy groups -OCH3 is 1. The van der Waals surface area contributed by atoms with Gasteiger partial charge in [-0.25, -0.2) is 9.97 Å². The molecule has 3 aromatic rings. The van der Waals surface area contributed by atoms with Crippen molar-refractivity contribution in [3.63, 3.8) is 0 Å². The van der Waals surface area contributed by atoms with Crippen LogP contribution >= 0.6 is 23.2 Å². The highest BCUT2D eigenvalue weighted by atomic mass is 35.5. The highest BCUT2D eigenvalue weighted by molar-refractivity contribution is 6.36. The van der Waals surface area contributed by atoms with Gasteiger partial charge in [0, 0.05) is 40.9 Å². The van der Waals surface area contributed by atoms with E-state index in [1.165, 1.54) is 0 Å². The molecule has 0 unspecified atom stereocenters. The lowest BCUT2D eigenvalue weighted by Crippen LogP contribution is -2.32. The van der Waals surface area contributed by atoms with Crippen LogP contribution in [0.3, 0.4) is 0 Å². The SMILES string of the molecule is COc1ccccc1-c1cc(NCCNC2=CC=C(C#N)CN2)nc(-c2ccc(Cl)cc2Cl)n1. The predicted molar refractivity (Wildman–Crippen MR) is 136 cm³/mol. The Kier molecular flexibility index (Phi) is 7.53. The van der Waals surface area contributed by atoms with Crippen LogP contribution in [0.1, 0.15) is 0 Å². The number of hydrogen-bond acceptors (Lipinski definition) is 7. The maximum absolute atomic E-state index is 8.94. The van der Waals surface area contributed by atoms with E-state index in [-0.39, 0.29) is 0 Å². The third-order valence-corrected chi connectivity index (χ3v) is 5.64. The molecule has 172 valence electrons. The number of nitrogens with one attached hydrogen (secondary N) is 3. The molecule has 7 nitrogen and oxygen atoms in total. The van der Waals surface area contributed by atoms with Gasteiger partial charge in [-0.2, -0.15) is 5.26 Å². The average molecular weight is 493 g/mol. The van der Waals surface area contributed by atoms with Crippen molar-refractivity contribution in [3.05, 3.63) is 82.1 Å². The molecular formula is C25H22Cl2N6O. The fourth-order valence-corrected chi connectivity index (χ4v) is 3.89. The smallest absolute Gasteiger partial charge is 0.163 e. The number of benzene rings is 2. The lowest BCUT2D eigenvalue weighted by atomic mass is 10.1. The van der Waals surface area contributed by atoms with E-state index < -0.39 is 0 Å². The Morgan fingerprint density at radius 2 is 1.85 bits per heavy atom. The molecule has 2 heterocycles. The standard InChI is InChI=1S/C25H22Cl2N6O/c1-34-22-5-3-2-4-19(22)21-13-24(30-11-10-29-23-9-6-16(14-28)15-31-23)33-25(32-21)18-8-7-17(26)12-20(18)27/h2-9,12-13,29,31H,10-11,15H2,1H3,(H,30,32,33). The average Bonchev–Trinajstić information content (AvgIpc) is 2.86. The maximum atomic E-state index is 8.94. The van der Waals surface area contributed by atoms with Crippen LogP contribution < -0.4 is 20.7 Å². The first kappa shape index (κ1) is 23.4. The summed E-state index contributed by atoms with van der Waals surface area (Å²) in [7, 11) is 1.63. The van der Waals surface area contributed by atoms with Gasteiger partial charge in [0.15, 0.2) is 5.82 Å². The molecule has 0 amide bonds. The molecule has 0 bridgehead atoms. The summed E-state index contributed by atoms with van der Waals surface area (Å²) in [5.41, 5.74) is 2.92. The number of halogens is 2. The lowest BCUT2D eigenvalue weighted by Gasteiger charge is -2.17. The molecule has 3 N–H and O–H groups in total. The largest absolute Gasteiger partial charge is 0.496 e. The number of allylic oxidation sites excluding steroid dienone is 2. The van der Waals surface area contributed by atoms with Crippen molar-refractivity contribution >= 4 is 29.0 Å². The molecule has 2 aromatic carbocycles. The number of nitriles is 1. The van der Waals surface area contributed by atoms with E-state index in [4.69, 9.17) is 38.2 Å². The van der Waals surface area contributed by atoms with Crippen molar-refractivity contribution in [1.82, 2.24) is 20.6 Å². The third kappa shape index (κ3) is 5.60. The number of anilines is 1. The van der Waals surface area contributed by atoms with Crippen molar-refractivity contribution in [2.45, 2.75) is 0 Å². The summed E-state index contributed by atoms with van der Waals surface area (Å²) in [5.74, 6) is 2.70. The Balaban J connectivity index is 1.58. The maximum Gasteiger partial charge on any atom is 0.163 e. The van der Waals surface area contributed by atoms with E-state index in [9.17, 15) is 0 Å². The molecular weight excluding hydrogens is 471 g/mol. The van der Waals surface area contributed by atoms with Crippen LogP contribution in [0.5, 0.6) is 5.75 Å². The Bertz CT molecular complexity index is 1300. The van der Waals surface area contributed by atoms with Crippen molar-refractivity contribution in [3.8, 4) is 34.5 Å². The molecule has 0 saturated heterocycles. The number of para-hydroxylation sites is 1. The van der Waals surface area contributed by atoms with Crippen LogP contribution in [-0.2, 0) is 0 Å². The fourth-order valence-electron chi connectivity index (χ4n) is 3.40. The normalized spacial score (nSPS) is 12.6. The molecule has 9 heteroatoms. The first-order chi connectivity index (χ1) is 16.6. The third-order valence-electron chi connectivity index (χ3n) is 5.09. The van der Waals surface area contributed by atoms with Crippen molar-refractivity contribution in [2.24, 2.45) is 0 Å². The topological polar surface area (TPSA) is 94.9 Å². The van der Waals surface area contributed by atoms with Crippen LogP contribution in [-0.4, -0.2) is 36.7 Å². The summed E-state index contributed by atoms with van der Waals surface area (Å²) in [5, 5.41) is 19.8. The molecule has 34 heavy (non-hydrogen) atoms. The molecule has 1 aromatic heterocycles. The van der Waals surface area contributed by atoms with Crippen LogP contribution in [0.15, 0.2) is 72.1 Å². The zero-order valence-electron chi connectivity index (χ0n) is 18.4. The summed E-state index contributed by atoms with van der Waals surface area (Å²) in [6.45, 7) is 1.76. The van der Waals surface area contributed by atoms with Gasteiger partial charge in [-0.1, -0.05) is 35.3 Å². The van der Waals surface area contributed by atoms with Gasteiger partial charge in [0.1, 0.15) is 11.6 Å². The van der Waals surface area contributed by atoms with Crippen molar-refractivity contribution in [1.29, 1.82) is 5.26 Å². The molecule has 1 aliphatic rings. The van der Waals surface area contributed by atoms with E-state index in [2.05, 4.69) is 27.0 Å². The minimum Gasteiger partial charge on any atom is -0.496 e. The second kappa shape index (κ2) is 10.9. The summed E-state index contributed by atoms with van der Waals surface area (Å²) in [4.78, 5) is 9.45. The van der Waals surface area contributed by atoms with Crippen LogP contribution in [0, 0.1) is 11.3 Å². The molecule has 0 aliphatic carbocycles. The molecule has 1 aliphatic heterocycles. The highest BCUT2D eigenvalue weighted by Gasteiger charge is 2.14. The molecule has 0 fully saturated rings. The van der Waals surface area contributed by atoms with Gasteiger partial charge in [-0.15, -0.1) is 0 Å². The molecule has 0 spiro atoms. The van der Waals surface area contributed by atoms with Crippen LogP contribution in [0.4, 0.5) is 5.82 Å². The van der Waals surface area contributed by atoms with E-state index in [0.29, 0.717) is 63.9 Å². The Labute approximate surface area is 208 Å². The van der Waals surface area contributed by atoms with Crippen LogP contribution in [0.25, 0.3) is 22.6 Å². The van der Waals surface area contributed by atoms with Crippen molar-refractivity contribution < 1.29 is 4.74 Å². The van der Waals surface area contributed by atoms with Gasteiger partial charge in [-0.3, -0.25) is 0 Å². The van der Waals surface area contributed by atoms with E-state index >= 15 is 0 Å². The Morgan fingerprint density at radius 3 is 2.59 bits per heavy atom. The first-order valence-electron chi connectivity index (χ1n) is 10.6. The minimum absolute atomic E-state index is 0.470. The zero-order chi connectivity index (χ0) is 23.9. The van der Waals surface area contributed by atoms with Gasteiger partial charge in [-0.05, 0) is 42.5 Å². The monoisotopic (exact) mass is 492 g/mol. The number of nitrogens with zero attached hydrogens (tertiary/aromatic N) is 3. The number of ether oxygens (including phenoxy) is 1. The molecule has 4 rings (SSSR count). The predicted octanol–water partition coefficient (Wildman–Crippen LogP) is 5.02. The molecule has 0 radical (unpaired) electrons. The highest BCUT2D eigenvalue weighted by Crippen LogP contribution is 2.33. The second-order valence-electron chi connectivity index (χ2n) is 7.38. The summed E-state index contributed by atoms with van der Waals surface area (Å²) >= 11 is 12.5. The summed E-state index contributed by atoms with van der Waals surface area (Å²) in [6, 6.07) is 16.9. The van der Waals surface area contributed by atoms with Gasteiger partial charge in [0.05, 0.1) is 36.3 Å². The molecule has 0 saturated carbocycles. The van der Waals surface area contributed by atoms with E-state index in [1.54, 1.807) is 25.3 Å². The van der Waals surface area contributed by atoms with Gasteiger partial charge >= 0.3 is 0 Å². The quantitative estimate of drug-likeness (QED) is 0.379. The van der Waals surface area contributed by atoms with Gasteiger partial charge in [0.25, 0.3) is 0 Å². The Hall–Kier alpha value is -3.73. The van der Waals surface area contributed by atoms with Gasteiger partial charge < -0.3 is 20.7 Å². The second-order valence-corrected chi connectivity index (χ2v) is 8.22.